The predicted octanol–water partition coefficient (Wildman–Crippen LogP) is 4.25. The normalized spacial score (nSPS) is 12.4. The largest absolute Gasteiger partial charge is 0.449 e. The van der Waals surface area contributed by atoms with Crippen LogP contribution in [-0.2, 0) is 0 Å². The summed E-state index contributed by atoms with van der Waals surface area (Å²) in [5, 5.41) is 3.48. The first kappa shape index (κ1) is 12.7. The second kappa shape index (κ2) is 5.71. The van der Waals surface area contributed by atoms with Crippen LogP contribution in [0.5, 0.6) is 0 Å². The molecule has 0 fully saturated rings. The molecule has 1 aromatic heterocycles. The molecule has 18 heavy (non-hydrogen) atoms. The van der Waals surface area contributed by atoms with Gasteiger partial charge in [-0.3, -0.25) is 0 Å². The molecular weight excluding hydrogens is 224 g/mol. The van der Waals surface area contributed by atoms with E-state index in [1.54, 1.807) is 6.26 Å². The summed E-state index contributed by atoms with van der Waals surface area (Å²) >= 11 is 0. The number of hydrogen-bond donors (Lipinski definition) is 1. The van der Waals surface area contributed by atoms with Gasteiger partial charge in [0, 0.05) is 24.2 Å². The average Bonchev–Trinajstić information content (AvgIpc) is 2.77. The molecule has 1 heterocycles. The Labute approximate surface area is 108 Å². The van der Waals surface area contributed by atoms with Crippen LogP contribution >= 0.6 is 0 Å². The lowest BCUT2D eigenvalue weighted by atomic mass is 10.1. The summed E-state index contributed by atoms with van der Waals surface area (Å²) in [5.74, 6) is 0.698. The highest BCUT2D eigenvalue weighted by atomic mass is 16.3. The van der Waals surface area contributed by atoms with Gasteiger partial charge in [0.15, 0.2) is 5.89 Å². The smallest absolute Gasteiger partial charge is 0.191 e. The Bertz CT molecular complexity index is 487. The van der Waals surface area contributed by atoms with Crippen LogP contribution in [0.15, 0.2) is 34.9 Å². The number of aryl methyl sites for hydroxylation is 1. The lowest BCUT2D eigenvalue weighted by molar-refractivity contribution is 0.521. The number of benzene rings is 1. The fourth-order valence-electron chi connectivity index (χ4n) is 2.02. The SMILES string of the molecule is CCCC(C)Nc1ccc(-c2coc(C)n2)cc1. The van der Waals surface area contributed by atoms with Crippen molar-refractivity contribution in [3.8, 4) is 11.3 Å². The minimum atomic E-state index is 0.509. The minimum Gasteiger partial charge on any atom is -0.449 e. The Morgan fingerprint density at radius 1 is 1.28 bits per heavy atom. The molecule has 2 aromatic rings. The van der Waals surface area contributed by atoms with E-state index in [-0.39, 0.29) is 0 Å². The number of anilines is 1. The molecule has 3 heteroatoms. The Kier molecular flexibility index (Phi) is 4.03. The van der Waals surface area contributed by atoms with Crippen molar-refractivity contribution >= 4 is 5.69 Å². The first-order chi connectivity index (χ1) is 8.69. The molecule has 0 spiro atoms. The van der Waals surface area contributed by atoms with Gasteiger partial charge in [0.25, 0.3) is 0 Å². The van der Waals surface area contributed by atoms with Gasteiger partial charge in [0.2, 0.25) is 0 Å². The van der Waals surface area contributed by atoms with Gasteiger partial charge in [-0.25, -0.2) is 4.98 Å². The van der Waals surface area contributed by atoms with Gasteiger partial charge in [-0.05, 0) is 25.5 Å². The van der Waals surface area contributed by atoms with E-state index in [1.165, 1.54) is 12.8 Å². The van der Waals surface area contributed by atoms with Crippen molar-refractivity contribution in [3.05, 3.63) is 36.4 Å². The van der Waals surface area contributed by atoms with Crippen LogP contribution in [0.1, 0.15) is 32.6 Å². The fraction of sp³-hybridized carbons (Fsp3) is 0.400. The molecule has 0 saturated heterocycles. The fourth-order valence-corrected chi connectivity index (χ4v) is 2.02. The molecule has 1 unspecified atom stereocenters. The topological polar surface area (TPSA) is 38.1 Å². The molecule has 0 aliphatic rings. The molecule has 0 radical (unpaired) electrons. The summed E-state index contributed by atoms with van der Waals surface area (Å²) in [6, 6.07) is 8.82. The molecule has 1 atom stereocenters. The van der Waals surface area contributed by atoms with Crippen LogP contribution in [0.3, 0.4) is 0 Å². The molecule has 1 aromatic carbocycles. The monoisotopic (exact) mass is 244 g/mol. The van der Waals surface area contributed by atoms with E-state index in [2.05, 4.69) is 48.4 Å². The molecule has 0 bridgehead atoms. The van der Waals surface area contributed by atoms with Crippen LogP contribution in [0.2, 0.25) is 0 Å². The highest BCUT2D eigenvalue weighted by Gasteiger charge is 2.04. The maximum Gasteiger partial charge on any atom is 0.191 e. The predicted molar refractivity (Wildman–Crippen MR) is 74.7 cm³/mol. The number of hydrogen-bond acceptors (Lipinski definition) is 3. The molecule has 0 aliphatic heterocycles. The second-order valence-electron chi connectivity index (χ2n) is 4.66. The number of nitrogens with zero attached hydrogens (tertiary/aromatic N) is 1. The van der Waals surface area contributed by atoms with Crippen molar-refractivity contribution in [2.75, 3.05) is 5.32 Å². The minimum absolute atomic E-state index is 0.509. The van der Waals surface area contributed by atoms with Gasteiger partial charge in [-0.2, -0.15) is 0 Å². The summed E-state index contributed by atoms with van der Waals surface area (Å²) < 4.78 is 5.22. The molecule has 0 aliphatic carbocycles. The molecule has 2 rings (SSSR count). The molecule has 3 nitrogen and oxygen atoms in total. The Hall–Kier alpha value is -1.77. The number of nitrogens with one attached hydrogen (secondary N) is 1. The van der Waals surface area contributed by atoms with Crippen molar-refractivity contribution in [1.29, 1.82) is 0 Å². The Morgan fingerprint density at radius 3 is 2.56 bits per heavy atom. The molecular formula is C15H20N2O. The summed E-state index contributed by atoms with van der Waals surface area (Å²) in [5.41, 5.74) is 3.13. The summed E-state index contributed by atoms with van der Waals surface area (Å²) in [6.45, 7) is 6.26. The second-order valence-corrected chi connectivity index (χ2v) is 4.66. The number of aromatic nitrogens is 1. The quantitative estimate of drug-likeness (QED) is 0.854. The van der Waals surface area contributed by atoms with Crippen LogP contribution in [0.4, 0.5) is 5.69 Å². The van der Waals surface area contributed by atoms with E-state index in [9.17, 15) is 0 Å². The summed E-state index contributed by atoms with van der Waals surface area (Å²) in [4.78, 5) is 4.31. The van der Waals surface area contributed by atoms with E-state index in [0.717, 1.165) is 16.9 Å². The van der Waals surface area contributed by atoms with E-state index in [0.29, 0.717) is 11.9 Å². The van der Waals surface area contributed by atoms with Crippen molar-refractivity contribution in [3.63, 3.8) is 0 Å². The van der Waals surface area contributed by atoms with E-state index < -0.39 is 0 Å². The van der Waals surface area contributed by atoms with Gasteiger partial charge in [0.1, 0.15) is 12.0 Å². The Morgan fingerprint density at radius 2 is 2.00 bits per heavy atom. The highest BCUT2D eigenvalue weighted by molar-refractivity contribution is 5.61. The number of rotatable bonds is 5. The van der Waals surface area contributed by atoms with Gasteiger partial charge >= 0.3 is 0 Å². The molecule has 0 saturated carbocycles. The highest BCUT2D eigenvalue weighted by Crippen LogP contribution is 2.21. The lowest BCUT2D eigenvalue weighted by Gasteiger charge is -2.14. The van der Waals surface area contributed by atoms with Gasteiger partial charge in [-0.15, -0.1) is 0 Å². The number of oxazole rings is 1. The van der Waals surface area contributed by atoms with Crippen molar-refractivity contribution in [1.82, 2.24) is 4.98 Å². The molecule has 0 amide bonds. The summed E-state index contributed by atoms with van der Waals surface area (Å²) in [6.07, 6.45) is 4.08. The van der Waals surface area contributed by atoms with Crippen LogP contribution in [0.25, 0.3) is 11.3 Å². The standard InChI is InChI=1S/C15H20N2O/c1-4-5-11(2)16-14-8-6-13(7-9-14)15-10-18-12(3)17-15/h6-11,16H,4-5H2,1-3H3. The van der Waals surface area contributed by atoms with Crippen molar-refractivity contribution < 1.29 is 4.42 Å². The lowest BCUT2D eigenvalue weighted by Crippen LogP contribution is -2.14. The Balaban J connectivity index is 2.06. The first-order valence-corrected chi connectivity index (χ1v) is 6.48. The zero-order chi connectivity index (χ0) is 13.0. The van der Waals surface area contributed by atoms with Crippen molar-refractivity contribution in [2.24, 2.45) is 0 Å². The zero-order valence-corrected chi connectivity index (χ0v) is 11.2. The zero-order valence-electron chi connectivity index (χ0n) is 11.2. The van der Waals surface area contributed by atoms with E-state index >= 15 is 0 Å². The van der Waals surface area contributed by atoms with Crippen LogP contribution < -0.4 is 5.32 Å². The van der Waals surface area contributed by atoms with E-state index in [4.69, 9.17) is 4.42 Å². The molecule has 1 N–H and O–H groups in total. The molecule has 96 valence electrons. The summed E-state index contributed by atoms with van der Waals surface area (Å²) in [7, 11) is 0. The first-order valence-electron chi connectivity index (χ1n) is 6.48. The van der Waals surface area contributed by atoms with Gasteiger partial charge in [0.05, 0.1) is 0 Å². The maximum atomic E-state index is 5.22. The van der Waals surface area contributed by atoms with Gasteiger partial charge < -0.3 is 9.73 Å². The van der Waals surface area contributed by atoms with E-state index in [1.807, 2.05) is 6.92 Å². The van der Waals surface area contributed by atoms with Crippen LogP contribution in [-0.4, -0.2) is 11.0 Å². The average molecular weight is 244 g/mol. The third kappa shape index (κ3) is 3.13. The maximum absolute atomic E-state index is 5.22. The van der Waals surface area contributed by atoms with Gasteiger partial charge in [-0.1, -0.05) is 25.5 Å². The van der Waals surface area contributed by atoms with Crippen LogP contribution in [0, 0.1) is 6.92 Å². The third-order valence-electron chi connectivity index (χ3n) is 2.93. The van der Waals surface area contributed by atoms with Crippen molar-refractivity contribution in [2.45, 2.75) is 39.7 Å². The third-order valence-corrected chi connectivity index (χ3v) is 2.93.